The number of carbonyl (C=O) groups excluding carboxylic acids is 2. The molecule has 2 aromatic carbocycles. The zero-order valence-corrected chi connectivity index (χ0v) is 18.9. The lowest BCUT2D eigenvalue weighted by molar-refractivity contribution is -0.133. The molecule has 3 aromatic rings. The van der Waals surface area contributed by atoms with Crippen molar-refractivity contribution < 1.29 is 32.9 Å². The fraction of sp³-hybridized carbons (Fsp3) is 0.250. The molecule has 1 amide bonds. The summed E-state index contributed by atoms with van der Waals surface area (Å²) in [5.41, 5.74) is 1.49. The predicted molar refractivity (Wildman–Crippen MR) is 120 cm³/mol. The first-order chi connectivity index (χ1) is 15.9. The van der Waals surface area contributed by atoms with Crippen molar-refractivity contribution in [2.45, 2.75) is 6.54 Å². The van der Waals surface area contributed by atoms with Gasteiger partial charge in [0.2, 0.25) is 0 Å². The summed E-state index contributed by atoms with van der Waals surface area (Å²) in [6.45, 7) is 0.774. The van der Waals surface area contributed by atoms with Crippen molar-refractivity contribution in [1.82, 2.24) is 4.90 Å². The number of fused-ring (bicyclic) bond motifs is 1. The van der Waals surface area contributed by atoms with Crippen LogP contribution in [0.4, 0.5) is 4.39 Å². The summed E-state index contributed by atoms with van der Waals surface area (Å²) in [4.78, 5) is 27.4. The van der Waals surface area contributed by atoms with E-state index < -0.39 is 24.3 Å². The van der Waals surface area contributed by atoms with Gasteiger partial charge in [-0.15, -0.1) is 11.3 Å². The maximum Gasteiger partial charge on any atom is 0.348 e. The molecule has 0 spiro atoms. The molecule has 7 nitrogen and oxygen atoms in total. The van der Waals surface area contributed by atoms with Gasteiger partial charge in [0, 0.05) is 18.5 Å². The maximum absolute atomic E-state index is 13.8. The molecule has 1 aliphatic rings. The van der Waals surface area contributed by atoms with Crippen molar-refractivity contribution in [3.05, 3.63) is 64.8 Å². The third-order valence-electron chi connectivity index (χ3n) is 5.02. The molecule has 0 saturated carbocycles. The number of nitrogens with zero attached hydrogens (tertiary/aromatic N) is 1. The van der Waals surface area contributed by atoms with Crippen LogP contribution >= 0.6 is 11.3 Å². The van der Waals surface area contributed by atoms with Crippen molar-refractivity contribution in [2.24, 2.45) is 0 Å². The van der Waals surface area contributed by atoms with E-state index in [-0.39, 0.29) is 12.3 Å². The van der Waals surface area contributed by atoms with Gasteiger partial charge in [-0.3, -0.25) is 4.79 Å². The Labute approximate surface area is 194 Å². The van der Waals surface area contributed by atoms with E-state index in [4.69, 9.17) is 18.9 Å². The molecular formula is C24H22FNO6S. The number of halogens is 1. The number of thiophene rings is 1. The van der Waals surface area contributed by atoms with Crippen molar-refractivity contribution in [1.29, 1.82) is 0 Å². The van der Waals surface area contributed by atoms with Gasteiger partial charge in [0.05, 0.1) is 7.11 Å². The van der Waals surface area contributed by atoms with Crippen LogP contribution in [-0.2, 0) is 16.1 Å². The van der Waals surface area contributed by atoms with E-state index in [1.54, 1.807) is 19.2 Å². The SMILES string of the molecule is COc1ccc(CN(C)C(=O)COC(=O)c2ccc(-c3ccc4c(c3)OCCO4)s2)cc1F. The predicted octanol–water partition coefficient (Wildman–Crippen LogP) is 4.15. The highest BCUT2D eigenvalue weighted by Crippen LogP contribution is 2.37. The van der Waals surface area contributed by atoms with Crippen LogP contribution in [0.15, 0.2) is 48.5 Å². The van der Waals surface area contributed by atoms with E-state index in [0.717, 1.165) is 10.4 Å². The van der Waals surface area contributed by atoms with Crippen LogP contribution in [0.5, 0.6) is 17.2 Å². The number of methoxy groups -OCH3 is 1. The summed E-state index contributed by atoms with van der Waals surface area (Å²) in [7, 11) is 2.94. The number of amides is 1. The minimum atomic E-state index is -0.582. The summed E-state index contributed by atoms with van der Waals surface area (Å²) in [6.07, 6.45) is 0. The molecule has 0 saturated heterocycles. The lowest BCUT2D eigenvalue weighted by Crippen LogP contribution is -2.30. The average molecular weight is 472 g/mol. The van der Waals surface area contributed by atoms with Crippen molar-refractivity contribution in [2.75, 3.05) is 34.0 Å². The van der Waals surface area contributed by atoms with E-state index >= 15 is 0 Å². The number of hydrogen-bond donors (Lipinski definition) is 0. The number of esters is 1. The summed E-state index contributed by atoms with van der Waals surface area (Å²) in [5, 5.41) is 0. The van der Waals surface area contributed by atoms with Gasteiger partial charge in [-0.05, 0) is 53.6 Å². The summed E-state index contributed by atoms with van der Waals surface area (Å²) in [5.74, 6) is 0.00842. The Hall–Kier alpha value is -3.59. The van der Waals surface area contributed by atoms with Crippen LogP contribution in [0, 0.1) is 5.82 Å². The van der Waals surface area contributed by atoms with Gasteiger partial charge in [0.1, 0.15) is 18.1 Å². The lowest BCUT2D eigenvalue weighted by atomic mass is 10.1. The Morgan fingerprint density at radius 2 is 1.85 bits per heavy atom. The Kier molecular flexibility index (Phi) is 6.79. The quantitative estimate of drug-likeness (QED) is 0.482. The van der Waals surface area contributed by atoms with Gasteiger partial charge in [-0.1, -0.05) is 6.07 Å². The van der Waals surface area contributed by atoms with Crippen LogP contribution in [0.3, 0.4) is 0 Å². The molecule has 0 N–H and O–H groups in total. The second-order valence-corrected chi connectivity index (χ2v) is 8.40. The minimum absolute atomic E-state index is 0.133. The fourth-order valence-corrected chi connectivity index (χ4v) is 4.17. The van der Waals surface area contributed by atoms with Crippen LogP contribution in [0.2, 0.25) is 0 Å². The summed E-state index contributed by atoms with van der Waals surface area (Å²) < 4.78 is 35.1. The number of hydrogen-bond acceptors (Lipinski definition) is 7. The van der Waals surface area contributed by atoms with Crippen molar-refractivity contribution in [3.8, 4) is 27.7 Å². The Balaban J connectivity index is 1.33. The Morgan fingerprint density at radius 1 is 1.06 bits per heavy atom. The largest absolute Gasteiger partial charge is 0.494 e. The smallest absolute Gasteiger partial charge is 0.348 e. The highest BCUT2D eigenvalue weighted by Gasteiger charge is 2.18. The standard InChI is InChI=1S/C24H22FNO6S/c1-26(13-15-3-5-18(29-2)17(25)11-15)23(27)14-32-24(28)22-8-7-21(33-22)16-4-6-19-20(12-16)31-10-9-30-19/h3-8,11-12H,9-10,13-14H2,1-2H3. The molecule has 0 fully saturated rings. The molecule has 9 heteroatoms. The normalized spacial score (nSPS) is 12.2. The molecule has 1 aromatic heterocycles. The second kappa shape index (κ2) is 9.91. The summed E-state index contributed by atoms with van der Waals surface area (Å²) >= 11 is 1.26. The van der Waals surface area contributed by atoms with Gasteiger partial charge in [-0.25, -0.2) is 9.18 Å². The maximum atomic E-state index is 13.8. The van der Waals surface area contributed by atoms with Gasteiger partial charge in [-0.2, -0.15) is 0 Å². The molecule has 33 heavy (non-hydrogen) atoms. The van der Waals surface area contributed by atoms with Crippen LogP contribution in [-0.4, -0.2) is 50.8 Å². The van der Waals surface area contributed by atoms with Crippen LogP contribution < -0.4 is 14.2 Å². The molecule has 1 aliphatic heterocycles. The van der Waals surface area contributed by atoms with Crippen LogP contribution in [0.1, 0.15) is 15.2 Å². The van der Waals surface area contributed by atoms with E-state index in [9.17, 15) is 14.0 Å². The first-order valence-electron chi connectivity index (χ1n) is 10.2. The number of ether oxygens (including phenoxy) is 4. The molecule has 0 aliphatic carbocycles. The third-order valence-corrected chi connectivity index (χ3v) is 6.14. The molecule has 0 unspecified atom stereocenters. The minimum Gasteiger partial charge on any atom is -0.494 e. The Morgan fingerprint density at radius 3 is 2.61 bits per heavy atom. The van der Waals surface area contributed by atoms with Crippen molar-refractivity contribution in [3.63, 3.8) is 0 Å². The van der Waals surface area contributed by atoms with Crippen molar-refractivity contribution >= 4 is 23.2 Å². The zero-order chi connectivity index (χ0) is 23.4. The molecule has 2 heterocycles. The lowest BCUT2D eigenvalue weighted by Gasteiger charge is -2.18. The van der Waals surface area contributed by atoms with E-state index in [1.807, 2.05) is 24.3 Å². The van der Waals surface area contributed by atoms with E-state index in [1.165, 1.54) is 35.5 Å². The van der Waals surface area contributed by atoms with Gasteiger partial charge < -0.3 is 23.8 Å². The number of carbonyl (C=O) groups is 2. The number of rotatable bonds is 7. The molecular weight excluding hydrogens is 449 g/mol. The molecule has 4 rings (SSSR count). The van der Waals surface area contributed by atoms with Crippen LogP contribution in [0.25, 0.3) is 10.4 Å². The Bertz CT molecular complexity index is 1180. The van der Waals surface area contributed by atoms with Gasteiger partial charge in [0.25, 0.3) is 5.91 Å². The zero-order valence-electron chi connectivity index (χ0n) is 18.1. The van der Waals surface area contributed by atoms with E-state index in [0.29, 0.717) is 35.2 Å². The number of benzene rings is 2. The molecule has 0 radical (unpaired) electrons. The monoisotopic (exact) mass is 471 g/mol. The molecule has 172 valence electrons. The molecule has 0 bridgehead atoms. The van der Waals surface area contributed by atoms with E-state index in [2.05, 4.69) is 0 Å². The van der Waals surface area contributed by atoms with Gasteiger partial charge >= 0.3 is 5.97 Å². The fourth-order valence-electron chi connectivity index (χ4n) is 3.28. The first kappa shape index (κ1) is 22.6. The highest BCUT2D eigenvalue weighted by molar-refractivity contribution is 7.17. The van der Waals surface area contributed by atoms with Gasteiger partial charge in [0.15, 0.2) is 29.7 Å². The highest BCUT2D eigenvalue weighted by atomic mass is 32.1. The average Bonchev–Trinajstić information content (AvgIpc) is 3.32. The topological polar surface area (TPSA) is 74.3 Å². The summed E-state index contributed by atoms with van der Waals surface area (Å²) in [6, 6.07) is 13.6. The number of likely N-dealkylation sites (N-methyl/N-ethyl adjacent to an activating group) is 1. The third kappa shape index (κ3) is 5.25. The first-order valence-corrected chi connectivity index (χ1v) is 11.0. The molecule has 0 atom stereocenters. The second-order valence-electron chi connectivity index (χ2n) is 7.32.